The van der Waals surface area contributed by atoms with E-state index in [-0.39, 0.29) is 30.0 Å². The van der Waals surface area contributed by atoms with Crippen LogP contribution in [0.25, 0.3) is 0 Å². The predicted octanol–water partition coefficient (Wildman–Crippen LogP) is 5.76. The zero-order valence-corrected chi connectivity index (χ0v) is 28.7. The van der Waals surface area contributed by atoms with E-state index in [2.05, 4.69) is 34.9 Å². The van der Waals surface area contributed by atoms with Gasteiger partial charge in [0.1, 0.15) is 11.6 Å². The highest BCUT2D eigenvalue weighted by Crippen LogP contribution is 2.41. The van der Waals surface area contributed by atoms with Crippen molar-refractivity contribution in [3.63, 3.8) is 0 Å². The van der Waals surface area contributed by atoms with Gasteiger partial charge in [-0.1, -0.05) is 96.6 Å². The van der Waals surface area contributed by atoms with E-state index in [9.17, 15) is 35.0 Å². The molecule has 0 saturated carbocycles. The highest BCUT2D eigenvalue weighted by Gasteiger charge is 2.38. The van der Waals surface area contributed by atoms with Crippen molar-refractivity contribution in [3.8, 4) is 17.2 Å². The number of carbonyl (C=O) groups is 2. The molecule has 0 bridgehead atoms. The van der Waals surface area contributed by atoms with Gasteiger partial charge in [-0.2, -0.15) is 0 Å². The minimum Gasteiger partial charge on any atom is -0.504 e. The molecule has 0 aliphatic carbocycles. The van der Waals surface area contributed by atoms with Gasteiger partial charge in [-0.3, -0.25) is 19.7 Å². The number of rotatable bonds is 13. The van der Waals surface area contributed by atoms with Gasteiger partial charge in [0.25, 0.3) is 5.91 Å². The van der Waals surface area contributed by atoms with Gasteiger partial charge in [0.05, 0.1) is 16.9 Å². The standard InChI is InChI=1S/C41H37N5O7/c1-27-12-16-32(17-13-27)41(30-8-4-2-5-9-30,31-10-6-3-7-11-31)45-25-33(43-26-45)24-34(40(51)42-21-20-28-14-18-37(48)38(49)22-28)44-39(50)29-15-19-36(47)35(23-29)46(52)53/h2-19,22-23,25-26,34,47-49H,20-21,24H2,1H3,(H,42,51)(H,44,50)/t34-/m0/s1. The molecule has 268 valence electrons. The van der Waals surface area contributed by atoms with Crippen LogP contribution in [0.5, 0.6) is 17.2 Å². The van der Waals surface area contributed by atoms with E-state index in [0.717, 1.165) is 34.4 Å². The van der Waals surface area contributed by atoms with Gasteiger partial charge >= 0.3 is 5.69 Å². The summed E-state index contributed by atoms with van der Waals surface area (Å²) in [6.45, 7) is 2.16. The maximum atomic E-state index is 13.8. The fraction of sp³-hybridized carbons (Fsp3) is 0.146. The number of benzene rings is 5. The van der Waals surface area contributed by atoms with Crippen molar-refractivity contribution >= 4 is 17.5 Å². The number of aromatic nitrogens is 2. The van der Waals surface area contributed by atoms with Gasteiger partial charge in [-0.15, -0.1) is 0 Å². The molecule has 6 rings (SSSR count). The molecule has 53 heavy (non-hydrogen) atoms. The molecular weight excluding hydrogens is 674 g/mol. The minimum atomic E-state index is -1.17. The first-order valence-corrected chi connectivity index (χ1v) is 16.8. The van der Waals surface area contributed by atoms with Crippen molar-refractivity contribution in [2.75, 3.05) is 6.54 Å². The number of phenols is 3. The molecule has 0 fully saturated rings. The SMILES string of the molecule is Cc1ccc(C(c2ccccc2)(c2ccccc2)n2cnc(C[C@H](NC(=O)c3ccc(O)c([N+](=O)[O-])c3)C(=O)NCCc3ccc(O)c(O)c3)c2)cc1. The van der Waals surface area contributed by atoms with Crippen LogP contribution in [-0.2, 0) is 23.2 Å². The fourth-order valence-corrected chi connectivity index (χ4v) is 6.40. The number of nitro benzene ring substituents is 1. The van der Waals surface area contributed by atoms with Gasteiger partial charge in [-0.25, -0.2) is 4.98 Å². The van der Waals surface area contributed by atoms with Crippen LogP contribution in [0.2, 0.25) is 0 Å². The molecule has 2 amide bonds. The summed E-state index contributed by atoms with van der Waals surface area (Å²) in [6.07, 6.45) is 3.81. The smallest absolute Gasteiger partial charge is 0.311 e. The summed E-state index contributed by atoms with van der Waals surface area (Å²) in [5, 5.41) is 46.4. The average molecular weight is 712 g/mol. The van der Waals surface area contributed by atoms with E-state index < -0.39 is 39.8 Å². The molecule has 5 N–H and O–H groups in total. The molecule has 0 radical (unpaired) electrons. The molecule has 0 aliphatic heterocycles. The summed E-state index contributed by atoms with van der Waals surface area (Å²) >= 11 is 0. The molecular formula is C41H37N5O7. The van der Waals surface area contributed by atoms with Crippen molar-refractivity contribution in [3.05, 3.63) is 183 Å². The lowest BCUT2D eigenvalue weighted by Gasteiger charge is -2.37. The molecule has 0 saturated heterocycles. The number of nitrogens with zero attached hydrogens (tertiary/aromatic N) is 3. The Morgan fingerprint density at radius 2 is 1.43 bits per heavy atom. The molecule has 1 aromatic heterocycles. The van der Waals surface area contributed by atoms with Crippen molar-refractivity contribution in [1.29, 1.82) is 0 Å². The minimum absolute atomic E-state index is 0.0433. The molecule has 1 atom stereocenters. The quantitative estimate of drug-likeness (QED) is 0.0434. The lowest BCUT2D eigenvalue weighted by atomic mass is 9.76. The average Bonchev–Trinajstić information content (AvgIpc) is 3.63. The van der Waals surface area contributed by atoms with Crippen LogP contribution in [0.1, 0.15) is 43.9 Å². The van der Waals surface area contributed by atoms with Gasteiger partial charge in [0.2, 0.25) is 5.91 Å². The first-order chi connectivity index (χ1) is 25.6. The first kappa shape index (κ1) is 35.9. The number of hydrogen-bond donors (Lipinski definition) is 5. The summed E-state index contributed by atoms with van der Waals surface area (Å²) in [4.78, 5) is 42.6. The number of hydrogen-bond acceptors (Lipinski definition) is 8. The van der Waals surface area contributed by atoms with Crippen LogP contribution in [0.15, 0.2) is 134 Å². The zero-order chi connectivity index (χ0) is 37.5. The number of carbonyl (C=O) groups excluding carboxylic acids is 2. The van der Waals surface area contributed by atoms with Crippen LogP contribution < -0.4 is 10.6 Å². The zero-order valence-electron chi connectivity index (χ0n) is 28.7. The number of phenolic OH excluding ortho intramolecular Hbond substituents is 3. The van der Waals surface area contributed by atoms with Gasteiger partial charge in [0.15, 0.2) is 17.2 Å². The van der Waals surface area contributed by atoms with Crippen LogP contribution in [0, 0.1) is 17.0 Å². The fourth-order valence-electron chi connectivity index (χ4n) is 6.40. The molecule has 1 heterocycles. The Morgan fingerprint density at radius 1 is 0.811 bits per heavy atom. The van der Waals surface area contributed by atoms with Crippen LogP contribution >= 0.6 is 0 Å². The summed E-state index contributed by atoms with van der Waals surface area (Å²) in [5.74, 6) is -2.45. The normalized spacial score (nSPS) is 11.8. The van der Waals surface area contributed by atoms with Crippen LogP contribution in [0.3, 0.4) is 0 Å². The Balaban J connectivity index is 1.35. The van der Waals surface area contributed by atoms with Crippen molar-refractivity contribution in [1.82, 2.24) is 20.2 Å². The molecule has 12 nitrogen and oxygen atoms in total. The number of nitro groups is 1. The highest BCUT2D eigenvalue weighted by molar-refractivity contribution is 5.98. The number of imidazole rings is 1. The molecule has 0 spiro atoms. The number of amides is 2. The second-order valence-corrected chi connectivity index (χ2v) is 12.6. The Morgan fingerprint density at radius 3 is 2.06 bits per heavy atom. The molecule has 0 aliphatic rings. The van der Waals surface area contributed by atoms with Gasteiger partial charge < -0.3 is 30.5 Å². The van der Waals surface area contributed by atoms with Crippen molar-refractivity contribution in [2.45, 2.75) is 31.3 Å². The largest absolute Gasteiger partial charge is 0.504 e. The van der Waals surface area contributed by atoms with Crippen molar-refractivity contribution in [2.24, 2.45) is 0 Å². The molecule has 6 aromatic rings. The summed E-state index contributed by atoms with van der Waals surface area (Å²) < 4.78 is 2.00. The third kappa shape index (κ3) is 7.71. The van der Waals surface area contributed by atoms with E-state index >= 15 is 0 Å². The summed E-state index contributed by atoms with van der Waals surface area (Å²) in [6, 6.07) is 34.7. The van der Waals surface area contributed by atoms with Crippen LogP contribution in [-0.4, -0.2) is 54.2 Å². The highest BCUT2D eigenvalue weighted by atomic mass is 16.6. The predicted molar refractivity (Wildman–Crippen MR) is 198 cm³/mol. The van der Waals surface area contributed by atoms with E-state index in [1.807, 2.05) is 78.4 Å². The van der Waals surface area contributed by atoms with Gasteiger partial charge in [-0.05, 0) is 59.9 Å². The maximum Gasteiger partial charge on any atom is 0.311 e. The Labute approximate surface area is 305 Å². The Kier molecular flexibility index (Phi) is 10.5. The lowest BCUT2D eigenvalue weighted by molar-refractivity contribution is -0.385. The number of aryl methyl sites for hydroxylation is 1. The number of aromatic hydroxyl groups is 3. The monoisotopic (exact) mass is 711 g/mol. The lowest BCUT2D eigenvalue weighted by Crippen LogP contribution is -2.48. The third-order valence-corrected chi connectivity index (χ3v) is 9.10. The van der Waals surface area contributed by atoms with E-state index in [1.54, 1.807) is 12.4 Å². The molecule has 0 unspecified atom stereocenters. The molecule has 5 aromatic carbocycles. The summed E-state index contributed by atoms with van der Waals surface area (Å²) in [7, 11) is 0. The van der Waals surface area contributed by atoms with Gasteiger partial charge in [0, 0.05) is 30.8 Å². The second kappa shape index (κ2) is 15.5. The van der Waals surface area contributed by atoms with E-state index in [1.165, 1.54) is 18.2 Å². The molecule has 12 heteroatoms. The summed E-state index contributed by atoms with van der Waals surface area (Å²) in [5.41, 5.74) is 3.50. The number of nitrogens with one attached hydrogen (secondary N) is 2. The maximum absolute atomic E-state index is 13.8. The Bertz CT molecular complexity index is 2200. The topological polar surface area (TPSA) is 180 Å². The van der Waals surface area contributed by atoms with E-state index in [4.69, 9.17) is 4.98 Å². The van der Waals surface area contributed by atoms with E-state index in [0.29, 0.717) is 17.7 Å². The third-order valence-electron chi connectivity index (χ3n) is 9.10. The van der Waals surface area contributed by atoms with Crippen LogP contribution in [0.4, 0.5) is 5.69 Å². The Hall–Kier alpha value is -6.95. The second-order valence-electron chi connectivity index (χ2n) is 12.6. The first-order valence-electron chi connectivity index (χ1n) is 16.8. The van der Waals surface area contributed by atoms with Crippen molar-refractivity contribution < 1.29 is 29.8 Å².